The first-order valence-electron chi connectivity index (χ1n) is 3.84. The van der Waals surface area contributed by atoms with E-state index < -0.39 is 0 Å². The Balaban J connectivity index is 2.20. The van der Waals surface area contributed by atoms with Crippen LogP contribution in [0.1, 0.15) is 19.3 Å². The minimum atomic E-state index is 0.493. The van der Waals surface area contributed by atoms with Crippen LogP contribution in [-0.2, 0) is 9.53 Å². The summed E-state index contributed by atoms with van der Waals surface area (Å²) in [7, 11) is 0. The summed E-state index contributed by atoms with van der Waals surface area (Å²) in [5.41, 5.74) is 1.28. The lowest BCUT2D eigenvalue weighted by Crippen LogP contribution is -1.94. The van der Waals surface area contributed by atoms with Crippen LogP contribution in [0.4, 0.5) is 0 Å². The van der Waals surface area contributed by atoms with Crippen LogP contribution in [0.3, 0.4) is 0 Å². The van der Waals surface area contributed by atoms with E-state index in [1.165, 1.54) is 5.57 Å². The molecule has 0 saturated heterocycles. The lowest BCUT2D eigenvalue weighted by atomic mass is 10.1. The zero-order valence-electron chi connectivity index (χ0n) is 6.45. The molecular weight excluding hydrogens is 140 g/mol. The molecule has 2 nitrogen and oxygen atoms in total. The van der Waals surface area contributed by atoms with Gasteiger partial charge in [-0.15, -0.1) is 0 Å². The molecule has 0 atom stereocenters. The summed E-state index contributed by atoms with van der Waals surface area (Å²) >= 11 is 0. The molecule has 0 spiro atoms. The van der Waals surface area contributed by atoms with Crippen molar-refractivity contribution >= 4 is 6.47 Å². The summed E-state index contributed by atoms with van der Waals surface area (Å²) in [5.74, 6) is 0. The highest BCUT2D eigenvalue weighted by atomic mass is 16.5. The molecule has 0 aromatic rings. The lowest BCUT2D eigenvalue weighted by Gasteiger charge is -2.04. The Morgan fingerprint density at radius 1 is 1.55 bits per heavy atom. The van der Waals surface area contributed by atoms with Gasteiger partial charge >= 0.3 is 0 Å². The Labute approximate surface area is 66.5 Å². The van der Waals surface area contributed by atoms with Crippen molar-refractivity contribution < 1.29 is 9.53 Å². The maximum Gasteiger partial charge on any atom is 0.293 e. The molecule has 2 heteroatoms. The predicted octanol–water partition coefficient (Wildman–Crippen LogP) is 1.83. The number of carbonyl (C=O) groups excluding carboxylic acids is 1. The summed E-state index contributed by atoms with van der Waals surface area (Å²) in [6.45, 7) is 0.993. The predicted molar refractivity (Wildman–Crippen MR) is 43.1 cm³/mol. The summed E-state index contributed by atoms with van der Waals surface area (Å²) in [6.07, 6.45) is 9.53. The zero-order chi connectivity index (χ0) is 7.94. The lowest BCUT2D eigenvalue weighted by molar-refractivity contribution is -0.128. The molecule has 1 aliphatic rings. The molecule has 0 aromatic carbocycles. The van der Waals surface area contributed by atoms with Crippen molar-refractivity contribution in [3.8, 4) is 0 Å². The molecule has 0 unspecified atom stereocenters. The third-order valence-corrected chi connectivity index (χ3v) is 1.65. The molecule has 0 aromatic heterocycles. The fourth-order valence-electron chi connectivity index (χ4n) is 1.08. The number of allylic oxidation sites excluding steroid dienone is 3. The minimum absolute atomic E-state index is 0.493. The molecule has 0 heterocycles. The molecular formula is C9H12O2. The smallest absolute Gasteiger partial charge is 0.293 e. The normalized spacial score (nSPS) is 15.8. The summed E-state index contributed by atoms with van der Waals surface area (Å²) < 4.78 is 4.58. The van der Waals surface area contributed by atoms with Crippen LogP contribution >= 0.6 is 0 Å². The van der Waals surface area contributed by atoms with Gasteiger partial charge in [0.05, 0.1) is 6.61 Å². The average Bonchev–Trinajstić information content (AvgIpc) is 2.07. The second-order valence-electron chi connectivity index (χ2n) is 2.48. The number of rotatable bonds is 4. The van der Waals surface area contributed by atoms with Crippen molar-refractivity contribution in [3.63, 3.8) is 0 Å². The molecule has 0 amide bonds. The molecule has 60 valence electrons. The van der Waals surface area contributed by atoms with Gasteiger partial charge in [-0.05, 0) is 18.4 Å². The fraction of sp³-hybridized carbons (Fsp3) is 0.444. The maximum absolute atomic E-state index is 9.79. The number of hydrogen-bond acceptors (Lipinski definition) is 2. The molecule has 0 N–H and O–H groups in total. The van der Waals surface area contributed by atoms with Crippen LogP contribution in [0.25, 0.3) is 0 Å². The second-order valence-corrected chi connectivity index (χ2v) is 2.48. The summed E-state index contributed by atoms with van der Waals surface area (Å²) in [4.78, 5) is 9.79. The number of hydrogen-bond donors (Lipinski definition) is 0. The Bertz CT molecular complexity index is 180. The van der Waals surface area contributed by atoms with Crippen molar-refractivity contribution in [1.82, 2.24) is 0 Å². The van der Waals surface area contributed by atoms with Gasteiger partial charge in [0.15, 0.2) is 0 Å². The first-order chi connectivity index (χ1) is 5.43. The molecule has 0 aliphatic heterocycles. The Morgan fingerprint density at radius 2 is 2.45 bits per heavy atom. The van der Waals surface area contributed by atoms with Crippen LogP contribution in [0.15, 0.2) is 23.8 Å². The highest BCUT2D eigenvalue weighted by Crippen LogP contribution is 2.12. The number of ether oxygens (including phenoxy) is 1. The molecule has 0 radical (unpaired) electrons. The van der Waals surface area contributed by atoms with E-state index in [0.29, 0.717) is 13.1 Å². The summed E-state index contributed by atoms with van der Waals surface area (Å²) in [6, 6.07) is 0. The molecule has 1 aliphatic carbocycles. The van der Waals surface area contributed by atoms with Gasteiger partial charge in [0.2, 0.25) is 0 Å². The van der Waals surface area contributed by atoms with Gasteiger partial charge in [-0.25, -0.2) is 0 Å². The third kappa shape index (κ3) is 3.03. The molecule has 1 rings (SSSR count). The SMILES string of the molecule is O=COCCC1=CCCC=C1. The third-order valence-electron chi connectivity index (χ3n) is 1.65. The van der Waals surface area contributed by atoms with E-state index in [0.717, 1.165) is 19.3 Å². The summed E-state index contributed by atoms with van der Waals surface area (Å²) in [5, 5.41) is 0. The van der Waals surface area contributed by atoms with Crippen LogP contribution in [0, 0.1) is 0 Å². The second kappa shape index (κ2) is 4.72. The van der Waals surface area contributed by atoms with E-state index in [4.69, 9.17) is 0 Å². The Morgan fingerprint density at radius 3 is 3.09 bits per heavy atom. The largest absolute Gasteiger partial charge is 0.468 e. The van der Waals surface area contributed by atoms with Crippen LogP contribution in [0.2, 0.25) is 0 Å². The van der Waals surface area contributed by atoms with Crippen molar-refractivity contribution in [2.45, 2.75) is 19.3 Å². The van der Waals surface area contributed by atoms with Gasteiger partial charge in [0.25, 0.3) is 6.47 Å². The first kappa shape index (κ1) is 8.05. The van der Waals surface area contributed by atoms with Crippen LogP contribution in [0.5, 0.6) is 0 Å². The van der Waals surface area contributed by atoms with Gasteiger partial charge in [0.1, 0.15) is 0 Å². The van der Waals surface area contributed by atoms with Gasteiger partial charge in [-0.3, -0.25) is 4.79 Å². The van der Waals surface area contributed by atoms with Crippen molar-refractivity contribution in [3.05, 3.63) is 23.8 Å². The van der Waals surface area contributed by atoms with Gasteiger partial charge < -0.3 is 4.74 Å². The quantitative estimate of drug-likeness (QED) is 0.453. The van der Waals surface area contributed by atoms with Crippen molar-refractivity contribution in [2.24, 2.45) is 0 Å². The van der Waals surface area contributed by atoms with Gasteiger partial charge in [-0.1, -0.05) is 18.2 Å². The van der Waals surface area contributed by atoms with Crippen molar-refractivity contribution in [1.29, 1.82) is 0 Å². The van der Waals surface area contributed by atoms with E-state index in [2.05, 4.69) is 23.0 Å². The fourth-order valence-corrected chi connectivity index (χ4v) is 1.08. The molecule has 0 saturated carbocycles. The monoisotopic (exact) mass is 152 g/mol. The topological polar surface area (TPSA) is 26.3 Å². The van der Waals surface area contributed by atoms with E-state index in [1.54, 1.807) is 0 Å². The standard InChI is InChI=1S/C9H12O2/c10-8-11-7-6-9-4-2-1-3-5-9/h2,4-5,8H,1,3,6-7H2. The first-order valence-corrected chi connectivity index (χ1v) is 3.84. The highest BCUT2D eigenvalue weighted by Gasteiger charge is 1.96. The van der Waals surface area contributed by atoms with Crippen molar-refractivity contribution in [2.75, 3.05) is 6.61 Å². The van der Waals surface area contributed by atoms with Gasteiger partial charge in [0, 0.05) is 6.42 Å². The van der Waals surface area contributed by atoms with E-state index >= 15 is 0 Å². The Hall–Kier alpha value is -1.05. The molecule has 11 heavy (non-hydrogen) atoms. The highest BCUT2D eigenvalue weighted by molar-refractivity contribution is 5.37. The van der Waals surface area contributed by atoms with E-state index in [-0.39, 0.29) is 0 Å². The number of carbonyl (C=O) groups is 1. The molecule has 0 bridgehead atoms. The van der Waals surface area contributed by atoms with E-state index in [9.17, 15) is 4.79 Å². The van der Waals surface area contributed by atoms with E-state index in [1.807, 2.05) is 0 Å². The van der Waals surface area contributed by atoms with Crippen LogP contribution in [-0.4, -0.2) is 13.1 Å². The molecule has 0 fully saturated rings. The minimum Gasteiger partial charge on any atom is -0.468 e. The Kier molecular flexibility index (Phi) is 3.45. The van der Waals surface area contributed by atoms with Crippen LogP contribution < -0.4 is 0 Å². The van der Waals surface area contributed by atoms with Gasteiger partial charge in [-0.2, -0.15) is 0 Å². The maximum atomic E-state index is 9.79. The average molecular weight is 152 g/mol. The zero-order valence-corrected chi connectivity index (χ0v) is 6.45.